The Morgan fingerprint density at radius 3 is 2.50 bits per heavy atom. The van der Waals surface area contributed by atoms with Crippen LogP contribution < -0.4 is 5.32 Å². The van der Waals surface area contributed by atoms with E-state index < -0.39 is 0 Å². The van der Waals surface area contributed by atoms with Gasteiger partial charge < -0.3 is 5.32 Å². The fourth-order valence-electron chi connectivity index (χ4n) is 1.68. The Morgan fingerprint density at radius 1 is 1.30 bits per heavy atom. The van der Waals surface area contributed by atoms with Crippen molar-refractivity contribution in [3.63, 3.8) is 0 Å². The van der Waals surface area contributed by atoms with Crippen LogP contribution in [0.2, 0.25) is 5.15 Å². The first-order valence-corrected chi connectivity index (χ1v) is 8.67. The number of nitrogens with zero attached hydrogens (tertiary/aromatic N) is 2. The zero-order valence-corrected chi connectivity index (χ0v) is 15.0. The van der Waals surface area contributed by atoms with Gasteiger partial charge in [-0.3, -0.25) is 0 Å². The quantitative estimate of drug-likeness (QED) is 0.611. The molecule has 0 saturated heterocycles. The molecule has 0 fully saturated rings. The highest BCUT2D eigenvalue weighted by Gasteiger charge is 2.21. The van der Waals surface area contributed by atoms with Crippen molar-refractivity contribution in [2.24, 2.45) is 0 Å². The summed E-state index contributed by atoms with van der Waals surface area (Å²) in [4.78, 5) is 9.06. The number of hydrogen-bond acceptors (Lipinski definition) is 4. The Labute approximate surface area is 132 Å². The molecule has 0 aliphatic rings. The van der Waals surface area contributed by atoms with Crippen molar-refractivity contribution in [1.82, 2.24) is 9.97 Å². The summed E-state index contributed by atoms with van der Waals surface area (Å²) < 4.78 is 0. The summed E-state index contributed by atoms with van der Waals surface area (Å²) >= 11 is 8.20. The second-order valence-electron chi connectivity index (χ2n) is 6.09. The van der Waals surface area contributed by atoms with E-state index in [0.717, 1.165) is 29.4 Å². The maximum atomic E-state index is 6.24. The van der Waals surface area contributed by atoms with Gasteiger partial charge in [0.25, 0.3) is 0 Å². The Kier molecular flexibility index (Phi) is 6.59. The summed E-state index contributed by atoms with van der Waals surface area (Å²) in [7, 11) is 0. The minimum absolute atomic E-state index is 0.102. The lowest BCUT2D eigenvalue weighted by Crippen LogP contribution is -2.22. The average Bonchev–Trinajstić information content (AvgIpc) is 2.33. The lowest BCUT2D eigenvalue weighted by atomic mass is 9.95. The normalized spacial score (nSPS) is 13.3. The van der Waals surface area contributed by atoms with Crippen LogP contribution in [0.4, 0.5) is 5.82 Å². The second kappa shape index (κ2) is 7.51. The van der Waals surface area contributed by atoms with Crippen molar-refractivity contribution >= 4 is 29.2 Å². The van der Waals surface area contributed by atoms with E-state index in [1.807, 2.05) is 18.7 Å². The van der Waals surface area contributed by atoms with E-state index in [4.69, 9.17) is 11.6 Å². The van der Waals surface area contributed by atoms with E-state index in [-0.39, 0.29) is 5.41 Å². The average molecular weight is 316 g/mol. The SMILES string of the molecule is CCSCCC(C)Nc1nc(C(C)(C)C)nc(Cl)c1C. The van der Waals surface area contributed by atoms with E-state index in [9.17, 15) is 0 Å². The number of anilines is 1. The van der Waals surface area contributed by atoms with Crippen molar-refractivity contribution in [1.29, 1.82) is 0 Å². The lowest BCUT2D eigenvalue weighted by Gasteiger charge is -2.21. The molecule has 5 heteroatoms. The van der Waals surface area contributed by atoms with Gasteiger partial charge in [0.15, 0.2) is 0 Å². The molecule has 1 aromatic rings. The third-order valence-corrected chi connectivity index (χ3v) is 4.34. The van der Waals surface area contributed by atoms with E-state index >= 15 is 0 Å². The molecular weight excluding hydrogens is 290 g/mol. The molecule has 0 spiro atoms. The Morgan fingerprint density at radius 2 is 1.95 bits per heavy atom. The van der Waals surface area contributed by atoms with Crippen LogP contribution in [-0.4, -0.2) is 27.5 Å². The number of rotatable bonds is 6. The number of halogens is 1. The smallest absolute Gasteiger partial charge is 0.137 e. The predicted octanol–water partition coefficient (Wildman–Crippen LogP) is 4.68. The fraction of sp³-hybridized carbons (Fsp3) is 0.733. The van der Waals surface area contributed by atoms with Crippen LogP contribution in [0.5, 0.6) is 0 Å². The summed E-state index contributed by atoms with van der Waals surface area (Å²) in [5, 5.41) is 4.02. The molecule has 3 nitrogen and oxygen atoms in total. The molecular formula is C15H26ClN3S. The van der Waals surface area contributed by atoms with Gasteiger partial charge in [-0.05, 0) is 31.8 Å². The molecule has 1 atom stereocenters. The first-order chi connectivity index (χ1) is 9.25. The van der Waals surface area contributed by atoms with Crippen molar-refractivity contribution in [2.75, 3.05) is 16.8 Å². The predicted molar refractivity (Wildman–Crippen MR) is 91.2 cm³/mol. The summed E-state index contributed by atoms with van der Waals surface area (Å²) in [5.41, 5.74) is 0.823. The minimum atomic E-state index is -0.102. The van der Waals surface area contributed by atoms with Crippen molar-refractivity contribution in [2.45, 2.75) is 59.4 Å². The summed E-state index contributed by atoms with van der Waals surface area (Å²) in [5.74, 6) is 3.98. The molecule has 0 radical (unpaired) electrons. The highest BCUT2D eigenvalue weighted by atomic mass is 35.5. The molecule has 1 N–H and O–H groups in total. The van der Waals surface area contributed by atoms with E-state index in [1.165, 1.54) is 5.75 Å². The van der Waals surface area contributed by atoms with E-state index in [0.29, 0.717) is 11.2 Å². The van der Waals surface area contributed by atoms with Gasteiger partial charge in [-0.25, -0.2) is 9.97 Å². The van der Waals surface area contributed by atoms with Gasteiger partial charge in [-0.15, -0.1) is 0 Å². The first-order valence-electron chi connectivity index (χ1n) is 7.14. The van der Waals surface area contributed by atoms with Gasteiger partial charge in [-0.2, -0.15) is 11.8 Å². The van der Waals surface area contributed by atoms with Gasteiger partial charge in [0, 0.05) is 17.0 Å². The number of aromatic nitrogens is 2. The highest BCUT2D eigenvalue weighted by Crippen LogP contribution is 2.26. The zero-order valence-electron chi connectivity index (χ0n) is 13.4. The fourth-order valence-corrected chi connectivity index (χ4v) is 2.65. The van der Waals surface area contributed by atoms with Crippen molar-refractivity contribution < 1.29 is 0 Å². The molecule has 0 bridgehead atoms. The van der Waals surface area contributed by atoms with E-state index in [2.05, 4.69) is 49.9 Å². The lowest BCUT2D eigenvalue weighted by molar-refractivity contribution is 0.544. The molecule has 0 aliphatic carbocycles. The molecule has 0 aliphatic heterocycles. The van der Waals surface area contributed by atoms with E-state index in [1.54, 1.807) is 0 Å². The van der Waals surface area contributed by atoms with Gasteiger partial charge in [0.1, 0.15) is 16.8 Å². The molecule has 1 heterocycles. The number of hydrogen-bond donors (Lipinski definition) is 1. The molecule has 20 heavy (non-hydrogen) atoms. The topological polar surface area (TPSA) is 37.8 Å². The van der Waals surface area contributed by atoms with Crippen molar-refractivity contribution in [3.05, 3.63) is 16.5 Å². The van der Waals surface area contributed by atoms with Gasteiger partial charge in [0.2, 0.25) is 0 Å². The van der Waals surface area contributed by atoms with Gasteiger partial charge in [-0.1, -0.05) is 39.3 Å². The summed E-state index contributed by atoms with van der Waals surface area (Å²) in [6.45, 7) is 12.6. The van der Waals surface area contributed by atoms with Crippen LogP contribution in [0.15, 0.2) is 0 Å². The van der Waals surface area contributed by atoms with Gasteiger partial charge >= 0.3 is 0 Å². The van der Waals surface area contributed by atoms with Crippen LogP contribution in [-0.2, 0) is 5.41 Å². The van der Waals surface area contributed by atoms with Crippen LogP contribution in [0, 0.1) is 6.92 Å². The molecule has 1 unspecified atom stereocenters. The molecule has 0 aromatic carbocycles. The standard InChI is InChI=1S/C15H26ClN3S/c1-7-20-9-8-10(2)17-13-11(3)12(16)18-14(19-13)15(4,5)6/h10H,7-9H2,1-6H3,(H,17,18,19). The molecule has 1 rings (SSSR count). The minimum Gasteiger partial charge on any atom is -0.367 e. The van der Waals surface area contributed by atoms with Crippen LogP contribution in [0.1, 0.15) is 52.4 Å². The Hall–Kier alpha value is -0.480. The summed E-state index contributed by atoms with van der Waals surface area (Å²) in [6, 6.07) is 0.381. The second-order valence-corrected chi connectivity index (χ2v) is 7.84. The summed E-state index contributed by atoms with van der Waals surface area (Å²) in [6.07, 6.45) is 1.12. The number of thioether (sulfide) groups is 1. The van der Waals surface area contributed by atoms with Crippen LogP contribution in [0.25, 0.3) is 0 Å². The maximum Gasteiger partial charge on any atom is 0.137 e. The first kappa shape index (κ1) is 17.6. The van der Waals surface area contributed by atoms with Gasteiger partial charge in [0.05, 0.1) is 0 Å². The monoisotopic (exact) mass is 315 g/mol. The largest absolute Gasteiger partial charge is 0.367 e. The molecule has 1 aromatic heterocycles. The molecule has 0 amide bonds. The number of nitrogens with one attached hydrogen (secondary N) is 1. The molecule has 0 saturated carbocycles. The molecule has 114 valence electrons. The van der Waals surface area contributed by atoms with Crippen LogP contribution in [0.3, 0.4) is 0 Å². The van der Waals surface area contributed by atoms with Crippen LogP contribution >= 0.6 is 23.4 Å². The zero-order chi connectivity index (χ0) is 15.3. The third-order valence-electron chi connectivity index (χ3n) is 3.04. The maximum absolute atomic E-state index is 6.24. The Bertz CT molecular complexity index is 443. The Balaban J connectivity index is 2.86. The highest BCUT2D eigenvalue weighted by molar-refractivity contribution is 7.99. The van der Waals surface area contributed by atoms with Crippen molar-refractivity contribution in [3.8, 4) is 0 Å². The third kappa shape index (κ3) is 5.13.